The van der Waals surface area contributed by atoms with Gasteiger partial charge in [-0.25, -0.2) is 0 Å². The summed E-state index contributed by atoms with van der Waals surface area (Å²) in [7, 11) is 0. The van der Waals surface area contributed by atoms with Crippen molar-refractivity contribution in [3.63, 3.8) is 0 Å². The van der Waals surface area contributed by atoms with Gasteiger partial charge < -0.3 is 14.5 Å². The molecule has 0 saturated heterocycles. The van der Waals surface area contributed by atoms with Crippen molar-refractivity contribution in [2.75, 3.05) is 6.54 Å². The van der Waals surface area contributed by atoms with Crippen LogP contribution in [0.5, 0.6) is 0 Å². The molecular weight excluding hydrogens is 262 g/mol. The predicted octanol–water partition coefficient (Wildman–Crippen LogP) is 2.66. The highest BCUT2D eigenvalue weighted by molar-refractivity contribution is 5.16. The van der Waals surface area contributed by atoms with E-state index >= 15 is 0 Å². The topological polar surface area (TPSA) is 39.0 Å². The van der Waals surface area contributed by atoms with E-state index in [1.54, 1.807) is 16.7 Å². The lowest BCUT2D eigenvalue weighted by Crippen LogP contribution is -2.25. The lowest BCUT2D eigenvalue weighted by molar-refractivity contribution is 0.421. The number of rotatable bonds is 7. The number of aryl methyl sites for hydroxylation is 2. The Morgan fingerprint density at radius 1 is 1.14 bits per heavy atom. The number of hydrogen-bond donors (Lipinski definition) is 1. The van der Waals surface area contributed by atoms with Crippen molar-refractivity contribution in [1.29, 1.82) is 0 Å². The van der Waals surface area contributed by atoms with Crippen molar-refractivity contribution in [2.45, 2.75) is 39.9 Å². The second kappa shape index (κ2) is 7.27. The molecule has 2 aromatic rings. The van der Waals surface area contributed by atoms with Gasteiger partial charge in [0.2, 0.25) is 0 Å². The SMILES string of the molecule is CCNC(c1ccn(CCn2ccccc2=O)c1)C(C)C. The lowest BCUT2D eigenvalue weighted by atomic mass is 9.98. The van der Waals surface area contributed by atoms with Gasteiger partial charge in [-0.15, -0.1) is 0 Å². The quantitative estimate of drug-likeness (QED) is 0.850. The van der Waals surface area contributed by atoms with Crippen LogP contribution in [0.25, 0.3) is 0 Å². The summed E-state index contributed by atoms with van der Waals surface area (Å²) in [4.78, 5) is 11.7. The molecule has 0 spiro atoms. The Kier molecular flexibility index (Phi) is 5.39. The molecule has 1 N–H and O–H groups in total. The van der Waals surface area contributed by atoms with Crippen LogP contribution in [0.1, 0.15) is 32.4 Å². The molecule has 0 saturated carbocycles. The summed E-state index contributed by atoms with van der Waals surface area (Å²) in [5, 5.41) is 3.53. The van der Waals surface area contributed by atoms with Crippen LogP contribution >= 0.6 is 0 Å². The number of pyridine rings is 1. The first-order chi connectivity index (χ1) is 10.1. The third-order valence-electron chi connectivity index (χ3n) is 3.72. The Balaban J connectivity index is 2.03. The van der Waals surface area contributed by atoms with Crippen molar-refractivity contribution in [2.24, 2.45) is 5.92 Å². The summed E-state index contributed by atoms with van der Waals surface area (Å²) in [6.45, 7) is 9.06. The summed E-state index contributed by atoms with van der Waals surface area (Å²) >= 11 is 0. The van der Waals surface area contributed by atoms with Gasteiger partial charge in [0.05, 0.1) is 0 Å². The molecule has 114 valence electrons. The molecule has 4 nitrogen and oxygen atoms in total. The standard InChI is InChI=1S/C17H25N3O/c1-4-18-17(14(2)3)15-8-10-19(13-15)11-12-20-9-6-5-7-16(20)21/h5-10,13-14,17-18H,4,11-12H2,1-3H3. The second-order valence-electron chi connectivity index (χ2n) is 5.69. The van der Waals surface area contributed by atoms with Gasteiger partial charge in [-0.3, -0.25) is 4.79 Å². The molecule has 0 aliphatic heterocycles. The van der Waals surface area contributed by atoms with E-state index in [0.717, 1.165) is 13.1 Å². The Morgan fingerprint density at radius 3 is 2.62 bits per heavy atom. The number of nitrogens with one attached hydrogen (secondary N) is 1. The summed E-state index contributed by atoms with van der Waals surface area (Å²) in [5.41, 5.74) is 1.37. The smallest absolute Gasteiger partial charge is 0.250 e. The summed E-state index contributed by atoms with van der Waals surface area (Å²) < 4.78 is 3.89. The Morgan fingerprint density at radius 2 is 1.95 bits per heavy atom. The van der Waals surface area contributed by atoms with Crippen molar-refractivity contribution in [3.05, 3.63) is 58.8 Å². The van der Waals surface area contributed by atoms with E-state index in [0.29, 0.717) is 18.5 Å². The zero-order valence-electron chi connectivity index (χ0n) is 13.1. The lowest BCUT2D eigenvalue weighted by Gasteiger charge is -2.20. The molecule has 0 aromatic carbocycles. The van der Waals surface area contributed by atoms with Crippen LogP contribution in [-0.4, -0.2) is 15.7 Å². The van der Waals surface area contributed by atoms with Crippen LogP contribution in [0, 0.1) is 5.92 Å². The van der Waals surface area contributed by atoms with E-state index < -0.39 is 0 Å². The summed E-state index contributed by atoms with van der Waals surface area (Å²) in [6.07, 6.45) is 6.11. The van der Waals surface area contributed by atoms with Gasteiger partial charge in [-0.1, -0.05) is 26.8 Å². The minimum absolute atomic E-state index is 0.0533. The van der Waals surface area contributed by atoms with Crippen molar-refractivity contribution in [3.8, 4) is 0 Å². The van der Waals surface area contributed by atoms with Gasteiger partial charge in [0, 0.05) is 43.8 Å². The molecule has 1 atom stereocenters. The van der Waals surface area contributed by atoms with E-state index in [4.69, 9.17) is 0 Å². The predicted molar refractivity (Wildman–Crippen MR) is 86.4 cm³/mol. The van der Waals surface area contributed by atoms with E-state index in [9.17, 15) is 4.79 Å². The fourth-order valence-corrected chi connectivity index (χ4v) is 2.61. The first-order valence-electron chi connectivity index (χ1n) is 7.66. The Bertz CT molecular complexity index is 612. The highest BCUT2D eigenvalue weighted by atomic mass is 16.1. The van der Waals surface area contributed by atoms with Crippen LogP contribution in [0.2, 0.25) is 0 Å². The molecule has 0 aliphatic rings. The van der Waals surface area contributed by atoms with E-state index in [1.807, 2.05) is 12.3 Å². The fourth-order valence-electron chi connectivity index (χ4n) is 2.61. The number of nitrogens with zero attached hydrogens (tertiary/aromatic N) is 2. The van der Waals surface area contributed by atoms with Crippen molar-refractivity contribution >= 4 is 0 Å². The minimum Gasteiger partial charge on any atom is -0.352 e. The van der Waals surface area contributed by atoms with Crippen LogP contribution in [-0.2, 0) is 13.1 Å². The molecule has 0 aliphatic carbocycles. The fraction of sp³-hybridized carbons (Fsp3) is 0.471. The molecule has 2 aromatic heterocycles. The first kappa shape index (κ1) is 15.6. The normalized spacial score (nSPS) is 12.8. The van der Waals surface area contributed by atoms with Crippen molar-refractivity contribution < 1.29 is 0 Å². The van der Waals surface area contributed by atoms with Crippen LogP contribution in [0.3, 0.4) is 0 Å². The van der Waals surface area contributed by atoms with E-state index in [2.05, 4.69) is 49.1 Å². The molecule has 2 heterocycles. The van der Waals surface area contributed by atoms with E-state index in [1.165, 1.54) is 5.56 Å². The van der Waals surface area contributed by atoms with Crippen LogP contribution in [0.15, 0.2) is 47.7 Å². The van der Waals surface area contributed by atoms with Crippen molar-refractivity contribution in [1.82, 2.24) is 14.5 Å². The van der Waals surface area contributed by atoms with Gasteiger partial charge in [0.15, 0.2) is 0 Å². The monoisotopic (exact) mass is 287 g/mol. The maximum Gasteiger partial charge on any atom is 0.250 e. The van der Waals surface area contributed by atoms with Gasteiger partial charge >= 0.3 is 0 Å². The second-order valence-corrected chi connectivity index (χ2v) is 5.69. The molecule has 0 radical (unpaired) electrons. The van der Waals surface area contributed by atoms with Crippen LogP contribution in [0.4, 0.5) is 0 Å². The average Bonchev–Trinajstić information content (AvgIpc) is 2.92. The van der Waals surface area contributed by atoms with Gasteiger partial charge in [0.1, 0.15) is 0 Å². The number of aromatic nitrogens is 2. The third-order valence-corrected chi connectivity index (χ3v) is 3.72. The molecule has 0 bridgehead atoms. The maximum absolute atomic E-state index is 11.7. The molecule has 21 heavy (non-hydrogen) atoms. The molecule has 1 unspecified atom stereocenters. The molecular formula is C17H25N3O. The van der Waals surface area contributed by atoms with Crippen LogP contribution < -0.4 is 10.9 Å². The Hall–Kier alpha value is -1.81. The van der Waals surface area contributed by atoms with Gasteiger partial charge in [0.25, 0.3) is 5.56 Å². The summed E-state index contributed by atoms with van der Waals surface area (Å²) in [6, 6.07) is 7.82. The third kappa shape index (κ3) is 4.08. The number of hydrogen-bond acceptors (Lipinski definition) is 2. The molecule has 0 fully saturated rings. The zero-order chi connectivity index (χ0) is 15.2. The molecule has 4 heteroatoms. The molecule has 0 amide bonds. The largest absolute Gasteiger partial charge is 0.352 e. The summed E-state index contributed by atoms with van der Waals surface area (Å²) in [5.74, 6) is 0.553. The zero-order valence-corrected chi connectivity index (χ0v) is 13.1. The first-order valence-corrected chi connectivity index (χ1v) is 7.66. The van der Waals surface area contributed by atoms with Gasteiger partial charge in [-0.2, -0.15) is 0 Å². The van der Waals surface area contributed by atoms with Gasteiger partial charge in [-0.05, 0) is 30.2 Å². The minimum atomic E-state index is 0.0533. The molecule has 2 rings (SSSR count). The Labute approximate surface area is 126 Å². The highest BCUT2D eigenvalue weighted by Crippen LogP contribution is 2.21. The highest BCUT2D eigenvalue weighted by Gasteiger charge is 2.15. The van der Waals surface area contributed by atoms with E-state index in [-0.39, 0.29) is 5.56 Å². The average molecular weight is 287 g/mol. The maximum atomic E-state index is 11.7.